The Hall–Kier alpha value is -3.98. The van der Waals surface area contributed by atoms with Gasteiger partial charge in [-0.15, -0.1) is 11.3 Å². The van der Waals surface area contributed by atoms with E-state index in [0.29, 0.717) is 34.2 Å². The summed E-state index contributed by atoms with van der Waals surface area (Å²) in [6.07, 6.45) is 1.53. The molecule has 0 radical (unpaired) electrons. The van der Waals surface area contributed by atoms with Crippen LogP contribution in [0.25, 0.3) is 5.76 Å². The van der Waals surface area contributed by atoms with Gasteiger partial charge in [-0.25, -0.2) is 9.78 Å². The van der Waals surface area contributed by atoms with Crippen LogP contribution < -0.4 is 9.64 Å². The number of Topliss-reactive ketones (excluding diaryl/α,β-unsaturated/α-hetero) is 1. The number of methoxy groups -OCH3 is 1. The van der Waals surface area contributed by atoms with Crippen LogP contribution in [0.2, 0.25) is 0 Å². The van der Waals surface area contributed by atoms with Crippen molar-refractivity contribution < 1.29 is 29.0 Å². The third-order valence-electron chi connectivity index (χ3n) is 5.14. The van der Waals surface area contributed by atoms with Gasteiger partial charge in [-0.1, -0.05) is 24.3 Å². The first-order chi connectivity index (χ1) is 16.0. The average molecular weight is 464 g/mol. The summed E-state index contributed by atoms with van der Waals surface area (Å²) >= 11 is 1.20. The van der Waals surface area contributed by atoms with Crippen molar-refractivity contribution in [3.8, 4) is 5.75 Å². The molecule has 2 aromatic carbocycles. The fraction of sp³-hybridized carbons (Fsp3) is 0.167. The molecule has 1 aliphatic rings. The molecule has 168 valence electrons. The summed E-state index contributed by atoms with van der Waals surface area (Å²) in [4.78, 5) is 43.4. The number of esters is 1. The Balaban J connectivity index is 1.88. The van der Waals surface area contributed by atoms with Gasteiger partial charge < -0.3 is 14.6 Å². The maximum atomic E-state index is 13.1. The second-order valence-electron chi connectivity index (χ2n) is 7.06. The van der Waals surface area contributed by atoms with Crippen LogP contribution in [-0.4, -0.2) is 41.5 Å². The number of thiazole rings is 1. The van der Waals surface area contributed by atoms with E-state index in [1.807, 2.05) is 6.92 Å². The Morgan fingerprint density at radius 2 is 1.91 bits per heavy atom. The van der Waals surface area contributed by atoms with Gasteiger partial charge in [0.2, 0.25) is 0 Å². The third kappa shape index (κ3) is 4.10. The molecule has 1 aromatic heterocycles. The molecule has 1 atom stereocenters. The molecule has 3 aromatic rings. The molecule has 4 rings (SSSR count). The number of aliphatic hydroxyl groups is 1. The van der Waals surface area contributed by atoms with Crippen molar-refractivity contribution in [1.29, 1.82) is 0 Å². The molecule has 8 nitrogen and oxygen atoms in total. The highest BCUT2D eigenvalue weighted by Gasteiger charge is 2.48. The highest BCUT2D eigenvalue weighted by atomic mass is 32.1. The number of ether oxygens (including phenoxy) is 2. The average Bonchev–Trinajstić information content (AvgIpc) is 3.45. The Bertz CT molecular complexity index is 1230. The number of benzene rings is 2. The Kier molecular flexibility index (Phi) is 6.23. The van der Waals surface area contributed by atoms with Crippen LogP contribution in [0.15, 0.2) is 65.7 Å². The lowest BCUT2D eigenvalue weighted by atomic mass is 9.94. The van der Waals surface area contributed by atoms with E-state index in [-0.39, 0.29) is 11.3 Å². The van der Waals surface area contributed by atoms with Crippen molar-refractivity contribution in [3.05, 3.63) is 82.4 Å². The van der Waals surface area contributed by atoms with Crippen LogP contribution in [0, 0.1) is 0 Å². The predicted molar refractivity (Wildman–Crippen MR) is 122 cm³/mol. The SMILES string of the molecule is CCOc1cccc(C(O)=C2C(=O)C(=O)N(c3nccs3)C2c2ccc(C(=O)OC)cc2)c1. The van der Waals surface area contributed by atoms with Crippen LogP contribution in [0.5, 0.6) is 5.75 Å². The van der Waals surface area contributed by atoms with Crippen LogP contribution in [0.1, 0.15) is 34.5 Å². The molecular weight excluding hydrogens is 444 g/mol. The number of rotatable bonds is 6. The maximum absolute atomic E-state index is 13.1. The predicted octanol–water partition coefficient (Wildman–Crippen LogP) is 3.95. The highest BCUT2D eigenvalue weighted by molar-refractivity contribution is 7.14. The lowest BCUT2D eigenvalue weighted by Crippen LogP contribution is -2.29. The number of anilines is 1. The molecule has 33 heavy (non-hydrogen) atoms. The zero-order chi connectivity index (χ0) is 23.5. The van der Waals surface area contributed by atoms with Crippen molar-refractivity contribution in [2.75, 3.05) is 18.6 Å². The second kappa shape index (κ2) is 9.25. The van der Waals surface area contributed by atoms with Crippen molar-refractivity contribution in [3.63, 3.8) is 0 Å². The monoisotopic (exact) mass is 464 g/mol. The van der Waals surface area contributed by atoms with Gasteiger partial charge >= 0.3 is 11.9 Å². The summed E-state index contributed by atoms with van der Waals surface area (Å²) in [7, 11) is 1.28. The zero-order valence-electron chi connectivity index (χ0n) is 17.8. The van der Waals surface area contributed by atoms with Gasteiger partial charge in [0, 0.05) is 17.1 Å². The van der Waals surface area contributed by atoms with Crippen molar-refractivity contribution in [2.24, 2.45) is 0 Å². The van der Waals surface area contributed by atoms with Gasteiger partial charge in [-0.05, 0) is 36.8 Å². The Morgan fingerprint density at radius 1 is 1.15 bits per heavy atom. The van der Waals surface area contributed by atoms with Gasteiger partial charge in [-0.2, -0.15) is 0 Å². The lowest BCUT2D eigenvalue weighted by Gasteiger charge is -2.23. The Morgan fingerprint density at radius 3 is 2.55 bits per heavy atom. The second-order valence-corrected chi connectivity index (χ2v) is 7.93. The molecule has 0 saturated carbocycles. The summed E-state index contributed by atoms with van der Waals surface area (Å²) in [5.74, 6) is -1.94. The van der Waals surface area contributed by atoms with E-state index in [0.717, 1.165) is 0 Å². The molecule has 2 heterocycles. The maximum Gasteiger partial charge on any atom is 0.337 e. The number of hydrogen-bond acceptors (Lipinski definition) is 8. The number of carbonyl (C=O) groups is 3. The summed E-state index contributed by atoms with van der Waals surface area (Å²) in [6.45, 7) is 2.27. The van der Waals surface area contributed by atoms with Crippen LogP contribution in [0.3, 0.4) is 0 Å². The first kappa shape index (κ1) is 22.2. The molecule has 0 aliphatic carbocycles. The smallest absolute Gasteiger partial charge is 0.337 e. The number of hydrogen-bond donors (Lipinski definition) is 1. The molecule has 9 heteroatoms. The van der Waals surface area contributed by atoms with E-state index >= 15 is 0 Å². The first-order valence-corrected chi connectivity index (χ1v) is 11.0. The van der Waals surface area contributed by atoms with Crippen molar-refractivity contribution in [1.82, 2.24) is 4.98 Å². The number of amides is 1. The molecule has 1 aliphatic heterocycles. The molecule has 0 bridgehead atoms. The fourth-order valence-corrected chi connectivity index (χ4v) is 4.32. The first-order valence-electron chi connectivity index (χ1n) is 10.1. The summed E-state index contributed by atoms with van der Waals surface area (Å²) < 4.78 is 10.2. The minimum Gasteiger partial charge on any atom is -0.507 e. The third-order valence-corrected chi connectivity index (χ3v) is 5.91. The molecule has 1 fully saturated rings. The normalized spacial score (nSPS) is 17.3. The highest BCUT2D eigenvalue weighted by Crippen LogP contribution is 2.42. The van der Waals surface area contributed by atoms with E-state index in [1.54, 1.807) is 53.9 Å². The number of aromatic nitrogens is 1. The lowest BCUT2D eigenvalue weighted by molar-refractivity contribution is -0.132. The molecule has 1 unspecified atom stereocenters. The Labute approximate surface area is 193 Å². The molecular formula is C24H20N2O6S. The van der Waals surface area contributed by atoms with Crippen molar-refractivity contribution >= 4 is 39.9 Å². The van der Waals surface area contributed by atoms with E-state index < -0.39 is 23.7 Å². The van der Waals surface area contributed by atoms with E-state index in [1.165, 1.54) is 29.5 Å². The summed E-state index contributed by atoms with van der Waals surface area (Å²) in [5.41, 5.74) is 1.11. The van der Waals surface area contributed by atoms with Gasteiger partial charge in [0.1, 0.15) is 11.5 Å². The molecule has 1 saturated heterocycles. The molecule has 0 spiro atoms. The minimum atomic E-state index is -0.932. The summed E-state index contributed by atoms with van der Waals surface area (Å²) in [5, 5.41) is 13.2. The van der Waals surface area contributed by atoms with Crippen LogP contribution in [-0.2, 0) is 14.3 Å². The minimum absolute atomic E-state index is 0.0744. The van der Waals surface area contributed by atoms with Crippen LogP contribution in [0.4, 0.5) is 5.13 Å². The quantitative estimate of drug-likeness (QED) is 0.255. The van der Waals surface area contributed by atoms with Gasteiger partial charge in [0.15, 0.2) is 5.13 Å². The fourth-order valence-electron chi connectivity index (χ4n) is 3.65. The number of aliphatic hydroxyl groups excluding tert-OH is 1. The van der Waals surface area contributed by atoms with Gasteiger partial charge in [0.25, 0.3) is 5.78 Å². The largest absolute Gasteiger partial charge is 0.507 e. The number of carbonyl (C=O) groups excluding carboxylic acids is 3. The number of ketones is 1. The topological polar surface area (TPSA) is 106 Å². The van der Waals surface area contributed by atoms with E-state index in [4.69, 9.17) is 9.47 Å². The number of nitrogens with zero attached hydrogens (tertiary/aromatic N) is 2. The van der Waals surface area contributed by atoms with Gasteiger partial charge in [-0.3, -0.25) is 14.5 Å². The standard InChI is InChI=1S/C24H20N2O6S/c1-3-32-17-6-4-5-16(13-17)20(27)18-19(14-7-9-15(10-8-14)23(30)31-2)26(22(29)21(18)28)24-25-11-12-33-24/h4-13,19,27H,3H2,1-2H3. The molecule has 1 amide bonds. The summed E-state index contributed by atoms with van der Waals surface area (Å²) in [6, 6.07) is 12.0. The molecule has 1 N–H and O–H groups in total. The van der Waals surface area contributed by atoms with E-state index in [9.17, 15) is 19.5 Å². The van der Waals surface area contributed by atoms with Gasteiger partial charge in [0.05, 0.1) is 30.9 Å². The van der Waals surface area contributed by atoms with Crippen molar-refractivity contribution in [2.45, 2.75) is 13.0 Å². The van der Waals surface area contributed by atoms with E-state index in [2.05, 4.69) is 4.98 Å². The zero-order valence-corrected chi connectivity index (χ0v) is 18.7. The van der Waals surface area contributed by atoms with Crippen LogP contribution >= 0.6 is 11.3 Å².